The molecule has 1 aliphatic rings. The van der Waals surface area contributed by atoms with E-state index >= 15 is 0 Å². The van der Waals surface area contributed by atoms with E-state index < -0.39 is 0 Å². The van der Waals surface area contributed by atoms with Gasteiger partial charge in [-0.1, -0.05) is 6.92 Å². The van der Waals surface area contributed by atoms with Gasteiger partial charge in [0.25, 0.3) is 0 Å². The van der Waals surface area contributed by atoms with Crippen LogP contribution in [0.2, 0.25) is 0 Å². The Hall–Kier alpha value is 1.53. The van der Waals surface area contributed by atoms with E-state index in [0.29, 0.717) is 0 Å². The molecule has 1 aliphatic heterocycles. The second kappa shape index (κ2) is 4.41. The van der Waals surface area contributed by atoms with Gasteiger partial charge in [-0.3, -0.25) is 0 Å². The Balaban J connectivity index is 0.000000360. The number of rotatable bonds is 0. The van der Waals surface area contributed by atoms with Crippen molar-refractivity contribution in [2.75, 3.05) is 13.2 Å². The van der Waals surface area contributed by atoms with E-state index in [1.807, 2.05) is 0 Å². The molecule has 0 bridgehead atoms. The molecule has 0 saturated carbocycles. The van der Waals surface area contributed by atoms with E-state index in [-0.39, 0.29) is 48.9 Å². The summed E-state index contributed by atoms with van der Waals surface area (Å²) in [7, 11) is 0. The number of ether oxygens (including phenoxy) is 1. The summed E-state index contributed by atoms with van der Waals surface area (Å²) in [5.74, 6) is 0.824. The van der Waals surface area contributed by atoms with E-state index in [1.165, 1.54) is 6.42 Å². The third kappa shape index (κ3) is 3.17. The van der Waals surface area contributed by atoms with Crippen molar-refractivity contribution in [1.82, 2.24) is 0 Å². The molecule has 0 aromatic rings. The van der Waals surface area contributed by atoms with Gasteiger partial charge in [0.15, 0.2) is 0 Å². The summed E-state index contributed by atoms with van der Waals surface area (Å²) in [6.07, 6.45) is 1.26. The van der Waals surface area contributed by atoms with Crippen molar-refractivity contribution in [2.24, 2.45) is 5.92 Å². The molecule has 0 N–H and O–H groups in total. The summed E-state index contributed by atoms with van der Waals surface area (Å²) in [5, 5.41) is 0. The topological polar surface area (TPSA) is 9.23 Å². The summed E-state index contributed by atoms with van der Waals surface area (Å²) in [6, 6.07) is 0. The predicted octanol–water partition coefficient (Wildman–Crippen LogP) is 0.127. The van der Waals surface area contributed by atoms with Crippen LogP contribution in [-0.2, 0) is 4.74 Å². The fraction of sp³-hybridized carbons (Fsp3) is 1.00. The molecule has 0 amide bonds. The molecular weight excluding hydrogens is 213 g/mol. The monoisotopic (exact) mass is 226 g/mol. The van der Waals surface area contributed by atoms with Gasteiger partial charge >= 0.3 is 48.9 Å². The summed E-state index contributed by atoms with van der Waals surface area (Å²) in [4.78, 5) is 0. The molecule has 7 heavy (non-hydrogen) atoms. The van der Waals surface area contributed by atoms with Crippen molar-refractivity contribution in [3.8, 4) is 0 Å². The zero-order valence-electron chi connectivity index (χ0n) is 4.11. The zero-order valence-corrected chi connectivity index (χ0v) is 4.11. The van der Waals surface area contributed by atoms with Crippen LogP contribution in [0.5, 0.6) is 0 Å². The molecule has 1 atom stereocenters. The normalized spacial score (nSPS) is 29.6. The van der Waals surface area contributed by atoms with Crippen LogP contribution in [0.15, 0.2) is 0 Å². The standard InChI is InChI=1S/C5H10O.Ba.2H/c1-5-2-3-6-4-5;;;/h5H,2-4H2,1H3;;;. The Morgan fingerprint density at radius 3 is 2.43 bits per heavy atom. The fourth-order valence-corrected chi connectivity index (χ4v) is 0.652. The van der Waals surface area contributed by atoms with Crippen LogP contribution in [0.3, 0.4) is 0 Å². The first-order valence-corrected chi connectivity index (χ1v) is 2.47. The third-order valence-electron chi connectivity index (χ3n) is 1.16. The molecule has 1 heterocycles. The van der Waals surface area contributed by atoms with Crippen molar-refractivity contribution >= 4 is 48.9 Å². The van der Waals surface area contributed by atoms with Crippen molar-refractivity contribution in [1.29, 1.82) is 0 Å². The zero-order chi connectivity index (χ0) is 4.41. The van der Waals surface area contributed by atoms with Crippen LogP contribution < -0.4 is 0 Å². The van der Waals surface area contributed by atoms with Crippen LogP contribution in [0.25, 0.3) is 0 Å². The molecule has 2 heteroatoms. The molecule has 40 valence electrons. The summed E-state index contributed by atoms with van der Waals surface area (Å²) < 4.78 is 5.06. The van der Waals surface area contributed by atoms with E-state index in [9.17, 15) is 0 Å². The number of hydrogen-bond donors (Lipinski definition) is 0. The Morgan fingerprint density at radius 2 is 2.29 bits per heavy atom. The van der Waals surface area contributed by atoms with Gasteiger partial charge in [0.1, 0.15) is 0 Å². The second-order valence-electron chi connectivity index (χ2n) is 1.97. The molecule has 0 spiro atoms. The second-order valence-corrected chi connectivity index (χ2v) is 1.97. The van der Waals surface area contributed by atoms with Gasteiger partial charge in [0, 0.05) is 13.2 Å². The van der Waals surface area contributed by atoms with E-state index in [4.69, 9.17) is 4.74 Å². The molecule has 1 rings (SSSR count). The minimum atomic E-state index is 0. The molecule has 0 aromatic heterocycles. The van der Waals surface area contributed by atoms with Crippen LogP contribution in [0, 0.1) is 5.92 Å². The first-order valence-electron chi connectivity index (χ1n) is 2.47. The van der Waals surface area contributed by atoms with Crippen LogP contribution in [0.4, 0.5) is 0 Å². The molecule has 0 aromatic carbocycles. The minimum absolute atomic E-state index is 0. The number of hydrogen-bond acceptors (Lipinski definition) is 1. The Morgan fingerprint density at radius 1 is 1.57 bits per heavy atom. The third-order valence-corrected chi connectivity index (χ3v) is 1.16. The SMILES string of the molecule is CC1CCOC1.[BaH2]. The van der Waals surface area contributed by atoms with E-state index in [0.717, 1.165) is 19.1 Å². The quantitative estimate of drug-likeness (QED) is 0.533. The van der Waals surface area contributed by atoms with E-state index in [1.54, 1.807) is 0 Å². The van der Waals surface area contributed by atoms with Crippen molar-refractivity contribution in [3.05, 3.63) is 0 Å². The Kier molecular flexibility index (Phi) is 5.38. The average molecular weight is 225 g/mol. The first kappa shape index (κ1) is 8.53. The molecule has 1 fully saturated rings. The maximum atomic E-state index is 5.06. The maximum absolute atomic E-state index is 5.06. The van der Waals surface area contributed by atoms with Gasteiger partial charge < -0.3 is 4.74 Å². The predicted molar refractivity (Wildman–Crippen MR) is 33.1 cm³/mol. The van der Waals surface area contributed by atoms with Gasteiger partial charge in [-0.05, 0) is 12.3 Å². The molecule has 0 radical (unpaired) electrons. The molecule has 1 nitrogen and oxygen atoms in total. The summed E-state index contributed by atoms with van der Waals surface area (Å²) in [5.41, 5.74) is 0. The van der Waals surface area contributed by atoms with E-state index in [2.05, 4.69) is 6.92 Å². The first-order chi connectivity index (χ1) is 2.89. The van der Waals surface area contributed by atoms with Gasteiger partial charge in [0.2, 0.25) is 0 Å². The van der Waals surface area contributed by atoms with Gasteiger partial charge in [-0.25, -0.2) is 0 Å². The Bertz CT molecular complexity index is 41.3. The summed E-state index contributed by atoms with van der Waals surface area (Å²) >= 11 is 0. The average Bonchev–Trinajstić information content (AvgIpc) is 1.86. The molecule has 1 saturated heterocycles. The Labute approximate surface area is 84.9 Å². The molecule has 1 unspecified atom stereocenters. The molecular formula is C5H12BaO. The van der Waals surface area contributed by atoms with Crippen LogP contribution in [0.1, 0.15) is 13.3 Å². The fourth-order valence-electron chi connectivity index (χ4n) is 0.652. The van der Waals surface area contributed by atoms with Crippen LogP contribution in [-0.4, -0.2) is 62.1 Å². The van der Waals surface area contributed by atoms with Crippen molar-refractivity contribution in [2.45, 2.75) is 13.3 Å². The molecule has 0 aliphatic carbocycles. The van der Waals surface area contributed by atoms with Crippen LogP contribution >= 0.6 is 0 Å². The van der Waals surface area contributed by atoms with Crippen molar-refractivity contribution < 1.29 is 4.74 Å². The van der Waals surface area contributed by atoms with Gasteiger partial charge in [-0.2, -0.15) is 0 Å². The van der Waals surface area contributed by atoms with Gasteiger partial charge in [-0.15, -0.1) is 0 Å². The summed E-state index contributed by atoms with van der Waals surface area (Å²) in [6.45, 7) is 4.19. The van der Waals surface area contributed by atoms with Crippen molar-refractivity contribution in [3.63, 3.8) is 0 Å². The van der Waals surface area contributed by atoms with Gasteiger partial charge in [0.05, 0.1) is 0 Å².